The van der Waals surface area contributed by atoms with Crippen molar-refractivity contribution in [2.24, 2.45) is 5.73 Å². The van der Waals surface area contributed by atoms with Gasteiger partial charge in [0.1, 0.15) is 0 Å². The van der Waals surface area contributed by atoms with Crippen LogP contribution in [0.2, 0.25) is 0 Å². The Morgan fingerprint density at radius 1 is 1.25 bits per heavy atom. The molecule has 0 aliphatic carbocycles. The minimum absolute atomic E-state index is 0.131. The van der Waals surface area contributed by atoms with Crippen molar-refractivity contribution in [2.75, 3.05) is 32.8 Å². The maximum Gasteiger partial charge on any atom is 0.315 e. The number of ether oxygens (including phenoxy) is 1. The van der Waals surface area contributed by atoms with Crippen LogP contribution in [0.1, 0.15) is 25.7 Å². The average molecular weight is 284 g/mol. The van der Waals surface area contributed by atoms with Gasteiger partial charge in [-0.3, -0.25) is 9.69 Å². The molecule has 7 nitrogen and oxygen atoms in total. The Morgan fingerprint density at radius 2 is 2.00 bits per heavy atom. The number of piperidine rings is 1. The molecular weight excluding hydrogens is 260 g/mol. The molecule has 2 heterocycles. The van der Waals surface area contributed by atoms with Crippen molar-refractivity contribution in [3.63, 3.8) is 0 Å². The number of nitrogens with one attached hydrogen (secondary N) is 2. The van der Waals surface area contributed by atoms with Gasteiger partial charge in [-0.1, -0.05) is 0 Å². The van der Waals surface area contributed by atoms with Crippen LogP contribution in [0.4, 0.5) is 4.79 Å². The lowest BCUT2D eigenvalue weighted by Gasteiger charge is -2.31. The van der Waals surface area contributed by atoms with Crippen LogP contribution in [0, 0.1) is 0 Å². The lowest BCUT2D eigenvalue weighted by Crippen LogP contribution is -2.50. The molecule has 0 bridgehead atoms. The van der Waals surface area contributed by atoms with Gasteiger partial charge >= 0.3 is 6.03 Å². The molecule has 0 aromatic carbocycles. The zero-order chi connectivity index (χ0) is 14.4. The predicted octanol–water partition coefficient (Wildman–Crippen LogP) is -0.586. The van der Waals surface area contributed by atoms with Crippen molar-refractivity contribution in [3.8, 4) is 0 Å². The van der Waals surface area contributed by atoms with Crippen molar-refractivity contribution in [1.29, 1.82) is 0 Å². The number of hydrogen-bond acceptors (Lipinski definition) is 4. The lowest BCUT2D eigenvalue weighted by atomic mass is 10.1. The molecule has 2 aliphatic rings. The van der Waals surface area contributed by atoms with E-state index in [0.29, 0.717) is 13.1 Å². The molecule has 0 aromatic heterocycles. The number of hydrogen-bond donors (Lipinski definition) is 3. The molecule has 20 heavy (non-hydrogen) atoms. The first-order valence-corrected chi connectivity index (χ1v) is 7.30. The van der Waals surface area contributed by atoms with Gasteiger partial charge in [-0.05, 0) is 25.7 Å². The van der Waals surface area contributed by atoms with Gasteiger partial charge < -0.3 is 21.1 Å². The van der Waals surface area contributed by atoms with Crippen LogP contribution < -0.4 is 16.4 Å². The number of carbonyl (C=O) groups excluding carboxylic acids is 2. The van der Waals surface area contributed by atoms with Gasteiger partial charge in [-0.15, -0.1) is 0 Å². The van der Waals surface area contributed by atoms with Crippen LogP contribution in [0.25, 0.3) is 0 Å². The highest BCUT2D eigenvalue weighted by molar-refractivity contribution is 5.76. The van der Waals surface area contributed by atoms with Crippen LogP contribution >= 0.6 is 0 Å². The van der Waals surface area contributed by atoms with Crippen LogP contribution in [0.15, 0.2) is 0 Å². The first-order chi connectivity index (χ1) is 9.63. The second-order valence-electron chi connectivity index (χ2n) is 5.51. The summed E-state index contributed by atoms with van der Waals surface area (Å²) in [6, 6.07) is 0.0393. The van der Waals surface area contributed by atoms with Crippen LogP contribution in [-0.2, 0) is 9.53 Å². The van der Waals surface area contributed by atoms with E-state index in [0.717, 1.165) is 45.4 Å². The summed E-state index contributed by atoms with van der Waals surface area (Å²) in [5, 5.41) is 5.82. The summed E-state index contributed by atoms with van der Waals surface area (Å²) < 4.78 is 5.45. The van der Waals surface area contributed by atoms with E-state index >= 15 is 0 Å². The topological polar surface area (TPSA) is 96.7 Å². The Balaban J connectivity index is 1.59. The summed E-state index contributed by atoms with van der Waals surface area (Å²) in [5.41, 5.74) is 5.17. The first kappa shape index (κ1) is 15.1. The highest BCUT2D eigenvalue weighted by Crippen LogP contribution is 2.11. The zero-order valence-corrected chi connectivity index (χ0v) is 11.8. The van der Waals surface area contributed by atoms with E-state index in [4.69, 9.17) is 10.5 Å². The molecule has 2 rings (SSSR count). The molecule has 1 atom stereocenters. The lowest BCUT2D eigenvalue weighted by molar-refractivity contribution is -0.119. The Kier molecular flexibility index (Phi) is 5.60. The van der Waals surface area contributed by atoms with Crippen LogP contribution in [-0.4, -0.2) is 61.8 Å². The maximum absolute atomic E-state index is 11.8. The Hall–Kier alpha value is -1.34. The highest BCUT2D eigenvalue weighted by Gasteiger charge is 2.22. The number of rotatable bonds is 5. The minimum Gasteiger partial charge on any atom is -0.376 e. The van der Waals surface area contributed by atoms with E-state index in [9.17, 15) is 9.59 Å². The smallest absolute Gasteiger partial charge is 0.315 e. The number of primary amides is 1. The standard InChI is InChI=1S/C13H24N4O3/c14-12(18)9-17-5-3-10(4-6-17)16-13(19)15-8-11-2-1-7-20-11/h10-11H,1-9H2,(H2,14,18)(H2,15,16,19)/t11-/m0/s1. The van der Waals surface area contributed by atoms with E-state index < -0.39 is 0 Å². The summed E-state index contributed by atoms with van der Waals surface area (Å²) in [7, 11) is 0. The number of nitrogens with two attached hydrogens (primary N) is 1. The SMILES string of the molecule is NC(=O)CN1CCC(NC(=O)NC[C@@H]2CCCO2)CC1. The van der Waals surface area contributed by atoms with Crippen LogP contribution in [0.5, 0.6) is 0 Å². The normalized spacial score (nSPS) is 24.5. The van der Waals surface area contributed by atoms with E-state index in [1.165, 1.54) is 0 Å². The fraction of sp³-hybridized carbons (Fsp3) is 0.846. The van der Waals surface area contributed by atoms with Crippen LogP contribution in [0.3, 0.4) is 0 Å². The van der Waals surface area contributed by atoms with Crippen molar-refractivity contribution < 1.29 is 14.3 Å². The summed E-state index contributed by atoms with van der Waals surface area (Å²) in [6.07, 6.45) is 3.96. The quantitative estimate of drug-likeness (QED) is 0.629. The summed E-state index contributed by atoms with van der Waals surface area (Å²) in [5.74, 6) is -0.300. The predicted molar refractivity (Wildman–Crippen MR) is 74.2 cm³/mol. The number of nitrogens with zero attached hydrogens (tertiary/aromatic N) is 1. The van der Waals surface area contributed by atoms with Gasteiger partial charge in [0, 0.05) is 32.3 Å². The second kappa shape index (κ2) is 7.44. The molecule has 7 heteroatoms. The summed E-state index contributed by atoms with van der Waals surface area (Å²) in [6.45, 7) is 3.26. The molecule has 0 aromatic rings. The molecule has 4 N–H and O–H groups in total. The van der Waals surface area contributed by atoms with E-state index in [-0.39, 0.29) is 24.1 Å². The molecule has 2 saturated heterocycles. The molecule has 0 spiro atoms. The number of likely N-dealkylation sites (tertiary alicyclic amines) is 1. The third-order valence-corrected chi connectivity index (χ3v) is 3.82. The first-order valence-electron chi connectivity index (χ1n) is 7.30. The number of carbonyl (C=O) groups is 2. The van der Waals surface area contributed by atoms with Crippen molar-refractivity contribution in [2.45, 2.75) is 37.8 Å². The fourth-order valence-electron chi connectivity index (χ4n) is 2.70. The molecule has 114 valence electrons. The third kappa shape index (κ3) is 4.97. The number of urea groups is 1. The molecule has 2 fully saturated rings. The van der Waals surface area contributed by atoms with Gasteiger partial charge in [0.05, 0.1) is 12.6 Å². The van der Waals surface area contributed by atoms with Gasteiger partial charge in [0.2, 0.25) is 5.91 Å². The van der Waals surface area contributed by atoms with Gasteiger partial charge in [-0.2, -0.15) is 0 Å². The second-order valence-corrected chi connectivity index (χ2v) is 5.51. The maximum atomic E-state index is 11.8. The molecular formula is C13H24N4O3. The largest absolute Gasteiger partial charge is 0.376 e. The fourth-order valence-corrected chi connectivity index (χ4v) is 2.70. The third-order valence-electron chi connectivity index (χ3n) is 3.82. The van der Waals surface area contributed by atoms with E-state index in [1.807, 2.05) is 4.90 Å². The van der Waals surface area contributed by atoms with Crippen molar-refractivity contribution >= 4 is 11.9 Å². The van der Waals surface area contributed by atoms with Gasteiger partial charge in [0.15, 0.2) is 0 Å². The Morgan fingerprint density at radius 3 is 2.60 bits per heavy atom. The Bertz CT molecular complexity index is 337. The molecule has 0 saturated carbocycles. The van der Waals surface area contributed by atoms with Crippen molar-refractivity contribution in [3.05, 3.63) is 0 Å². The Labute approximate surface area is 119 Å². The summed E-state index contributed by atoms with van der Waals surface area (Å²) >= 11 is 0. The molecule has 3 amide bonds. The van der Waals surface area contributed by atoms with E-state index in [2.05, 4.69) is 10.6 Å². The van der Waals surface area contributed by atoms with Crippen molar-refractivity contribution in [1.82, 2.24) is 15.5 Å². The zero-order valence-electron chi connectivity index (χ0n) is 11.8. The summed E-state index contributed by atoms with van der Waals surface area (Å²) in [4.78, 5) is 24.6. The molecule has 0 radical (unpaired) electrons. The number of amides is 3. The molecule has 0 unspecified atom stereocenters. The molecule has 2 aliphatic heterocycles. The highest BCUT2D eigenvalue weighted by atomic mass is 16.5. The van der Waals surface area contributed by atoms with Gasteiger partial charge in [-0.25, -0.2) is 4.79 Å². The average Bonchev–Trinajstić information content (AvgIpc) is 2.91. The monoisotopic (exact) mass is 284 g/mol. The van der Waals surface area contributed by atoms with Gasteiger partial charge in [0.25, 0.3) is 0 Å². The minimum atomic E-state index is -0.300. The van der Waals surface area contributed by atoms with E-state index in [1.54, 1.807) is 0 Å².